The molecule has 0 spiro atoms. The number of nitrogens with one attached hydrogen (secondary N) is 2. The normalized spacial score (nSPS) is 26.0. The number of amides is 1. The van der Waals surface area contributed by atoms with Gasteiger partial charge in [0.25, 0.3) is 5.91 Å². The molecule has 10 nitrogen and oxygen atoms in total. The molecule has 0 aromatic carbocycles. The van der Waals surface area contributed by atoms with Gasteiger partial charge in [0.1, 0.15) is 6.61 Å². The van der Waals surface area contributed by atoms with Gasteiger partial charge in [0, 0.05) is 41.8 Å². The summed E-state index contributed by atoms with van der Waals surface area (Å²) in [5.74, 6) is 4.25. The number of rotatable bonds is 7. The molecule has 2 bridgehead atoms. The van der Waals surface area contributed by atoms with Crippen LogP contribution in [-0.4, -0.2) is 61.3 Å². The van der Waals surface area contributed by atoms with Crippen molar-refractivity contribution in [2.45, 2.75) is 56.4 Å². The van der Waals surface area contributed by atoms with Crippen LogP contribution in [0, 0.1) is 23.7 Å². The quantitative estimate of drug-likeness (QED) is 0.491. The van der Waals surface area contributed by atoms with Gasteiger partial charge in [0.2, 0.25) is 11.8 Å². The molecule has 3 aromatic heterocycles. The number of aromatic amines is 1. The Morgan fingerprint density at radius 1 is 1.22 bits per heavy atom. The standard InChI is InChI=1S/C26H28N8O2/c1-2-25(7-8-25)15-36-24-29-21(22(35)31-26-12-16(13-26)14-26)28-23(30-24)34-10-5-17(6-11-34)19-18-4-3-9-27-20(18)33-32-19/h1,3-4,9,16-17H,5-8,10-15H2,(H,31,35)(H,27,32,33). The number of carbonyl (C=O) groups is 1. The molecule has 5 fully saturated rings. The monoisotopic (exact) mass is 484 g/mol. The summed E-state index contributed by atoms with van der Waals surface area (Å²) in [6.45, 7) is 1.84. The van der Waals surface area contributed by atoms with Crippen molar-refractivity contribution in [3.8, 4) is 18.4 Å². The van der Waals surface area contributed by atoms with Gasteiger partial charge in [0.15, 0.2) is 5.65 Å². The third-order valence-electron chi connectivity index (χ3n) is 8.41. The van der Waals surface area contributed by atoms with E-state index in [-0.39, 0.29) is 28.7 Å². The second-order valence-corrected chi connectivity index (χ2v) is 10.9. The van der Waals surface area contributed by atoms with E-state index < -0.39 is 0 Å². The number of terminal acetylenes is 1. The zero-order valence-electron chi connectivity index (χ0n) is 20.0. The van der Waals surface area contributed by atoms with E-state index in [4.69, 9.17) is 11.2 Å². The van der Waals surface area contributed by atoms with Crippen LogP contribution in [-0.2, 0) is 0 Å². The molecule has 1 saturated heterocycles. The summed E-state index contributed by atoms with van der Waals surface area (Å²) in [6, 6.07) is 4.16. The lowest BCUT2D eigenvalue weighted by atomic mass is 9.50. The summed E-state index contributed by atoms with van der Waals surface area (Å²) < 4.78 is 5.92. The molecule has 4 heterocycles. The molecule has 5 aliphatic rings. The fraction of sp³-hybridized carbons (Fsp3) is 0.538. The predicted octanol–water partition coefficient (Wildman–Crippen LogP) is 2.60. The van der Waals surface area contributed by atoms with Crippen molar-refractivity contribution >= 4 is 22.9 Å². The second kappa shape index (κ2) is 7.88. The van der Waals surface area contributed by atoms with E-state index in [9.17, 15) is 4.79 Å². The van der Waals surface area contributed by atoms with Crippen molar-refractivity contribution in [3.05, 3.63) is 29.8 Å². The highest BCUT2D eigenvalue weighted by Gasteiger charge is 2.57. The molecule has 36 heavy (non-hydrogen) atoms. The summed E-state index contributed by atoms with van der Waals surface area (Å²) in [6.07, 6.45) is 14.3. The molecule has 0 radical (unpaired) electrons. The predicted molar refractivity (Wildman–Crippen MR) is 131 cm³/mol. The average molecular weight is 485 g/mol. The first-order valence-corrected chi connectivity index (χ1v) is 12.8. The SMILES string of the molecule is C#CC1(COc2nc(C(=O)NC34CC(C3)C4)nc(N3CCC(c4[nH]nc5ncccc45)CC3)n2)CC1. The largest absolute Gasteiger partial charge is 0.462 e. The van der Waals surface area contributed by atoms with Crippen molar-refractivity contribution in [1.29, 1.82) is 0 Å². The molecule has 1 aliphatic heterocycles. The highest BCUT2D eigenvalue weighted by Crippen LogP contribution is 2.57. The number of H-pyrrole nitrogens is 1. The maximum atomic E-state index is 13.1. The van der Waals surface area contributed by atoms with Crippen LogP contribution in [0.3, 0.4) is 0 Å². The highest BCUT2D eigenvalue weighted by atomic mass is 16.5. The molecule has 8 rings (SSSR count). The summed E-state index contributed by atoms with van der Waals surface area (Å²) in [7, 11) is 0. The zero-order valence-corrected chi connectivity index (χ0v) is 20.0. The lowest BCUT2D eigenvalue weighted by Crippen LogP contribution is -2.68. The third-order valence-corrected chi connectivity index (χ3v) is 8.41. The Morgan fingerprint density at radius 2 is 2.03 bits per heavy atom. The van der Waals surface area contributed by atoms with Crippen LogP contribution in [0.2, 0.25) is 0 Å². The van der Waals surface area contributed by atoms with Crippen molar-refractivity contribution in [2.75, 3.05) is 24.6 Å². The smallest absolute Gasteiger partial charge is 0.322 e. The van der Waals surface area contributed by atoms with Gasteiger partial charge in [-0.2, -0.15) is 20.1 Å². The Labute approximate surface area is 208 Å². The molecule has 4 aliphatic carbocycles. The molecular formula is C26H28N8O2. The maximum absolute atomic E-state index is 13.1. The molecule has 4 saturated carbocycles. The van der Waals surface area contributed by atoms with Crippen molar-refractivity contribution in [3.63, 3.8) is 0 Å². The Bertz CT molecular complexity index is 1370. The minimum Gasteiger partial charge on any atom is -0.462 e. The number of nitrogens with zero attached hydrogens (tertiary/aromatic N) is 6. The highest BCUT2D eigenvalue weighted by molar-refractivity contribution is 5.91. The number of pyridine rings is 1. The van der Waals surface area contributed by atoms with Crippen molar-refractivity contribution < 1.29 is 9.53 Å². The topological polar surface area (TPSA) is 122 Å². The fourth-order valence-corrected chi connectivity index (χ4v) is 5.81. The van der Waals surface area contributed by atoms with Gasteiger partial charge >= 0.3 is 6.01 Å². The van der Waals surface area contributed by atoms with Crippen LogP contribution in [0.15, 0.2) is 18.3 Å². The van der Waals surface area contributed by atoms with Crippen LogP contribution >= 0.6 is 0 Å². The van der Waals surface area contributed by atoms with E-state index in [1.807, 2.05) is 6.07 Å². The lowest BCUT2D eigenvalue weighted by Gasteiger charge is -2.61. The first kappa shape index (κ1) is 21.5. The molecule has 1 amide bonds. The molecule has 3 aromatic rings. The minimum atomic E-state index is -0.258. The van der Waals surface area contributed by atoms with E-state index in [0.717, 1.165) is 80.7 Å². The second-order valence-electron chi connectivity index (χ2n) is 10.9. The summed E-state index contributed by atoms with van der Waals surface area (Å²) in [5.41, 5.74) is 1.58. The molecule has 184 valence electrons. The Hall–Kier alpha value is -3.74. The summed E-state index contributed by atoms with van der Waals surface area (Å²) in [5, 5.41) is 11.8. The minimum absolute atomic E-state index is 0.0584. The van der Waals surface area contributed by atoms with Crippen LogP contribution < -0.4 is 15.0 Å². The zero-order chi connectivity index (χ0) is 24.3. The van der Waals surface area contributed by atoms with E-state index >= 15 is 0 Å². The van der Waals surface area contributed by atoms with Gasteiger partial charge < -0.3 is 15.0 Å². The number of hydrogen-bond donors (Lipinski definition) is 2. The molecule has 0 atom stereocenters. The molecule has 10 heteroatoms. The van der Waals surface area contributed by atoms with Crippen LogP contribution in [0.25, 0.3) is 11.0 Å². The number of fused-ring (bicyclic) bond motifs is 1. The molecular weight excluding hydrogens is 456 g/mol. The fourth-order valence-electron chi connectivity index (χ4n) is 5.81. The van der Waals surface area contributed by atoms with E-state index in [0.29, 0.717) is 18.5 Å². The van der Waals surface area contributed by atoms with Gasteiger partial charge in [0.05, 0.1) is 5.41 Å². The van der Waals surface area contributed by atoms with Crippen molar-refractivity contribution in [1.82, 2.24) is 35.5 Å². The Morgan fingerprint density at radius 3 is 2.72 bits per heavy atom. The van der Waals surface area contributed by atoms with Crippen LogP contribution in [0.4, 0.5) is 5.95 Å². The Kier molecular flexibility index (Phi) is 4.72. The number of ether oxygens (including phenoxy) is 1. The summed E-state index contributed by atoms with van der Waals surface area (Å²) >= 11 is 0. The van der Waals surface area contributed by atoms with Crippen molar-refractivity contribution in [2.24, 2.45) is 11.3 Å². The lowest BCUT2D eigenvalue weighted by molar-refractivity contribution is -0.0441. The number of hydrogen-bond acceptors (Lipinski definition) is 8. The summed E-state index contributed by atoms with van der Waals surface area (Å²) in [4.78, 5) is 33.1. The third kappa shape index (κ3) is 3.65. The van der Waals surface area contributed by atoms with E-state index in [2.05, 4.69) is 52.3 Å². The van der Waals surface area contributed by atoms with E-state index in [1.165, 1.54) is 0 Å². The van der Waals surface area contributed by atoms with Gasteiger partial charge in [-0.3, -0.25) is 9.89 Å². The van der Waals surface area contributed by atoms with Gasteiger partial charge in [-0.05, 0) is 63.0 Å². The van der Waals surface area contributed by atoms with Gasteiger partial charge in [-0.25, -0.2) is 4.98 Å². The van der Waals surface area contributed by atoms with Crippen LogP contribution in [0.5, 0.6) is 6.01 Å². The first-order valence-electron chi connectivity index (χ1n) is 12.8. The number of aromatic nitrogens is 6. The maximum Gasteiger partial charge on any atom is 0.322 e. The van der Waals surface area contributed by atoms with Gasteiger partial charge in [-0.15, -0.1) is 6.42 Å². The average Bonchev–Trinajstić information content (AvgIpc) is 3.53. The molecule has 0 unspecified atom stereocenters. The van der Waals surface area contributed by atoms with Crippen LogP contribution in [0.1, 0.15) is 67.2 Å². The van der Waals surface area contributed by atoms with E-state index in [1.54, 1.807) is 6.20 Å². The Balaban J connectivity index is 1.10. The number of carbonyl (C=O) groups excluding carboxylic acids is 1. The number of anilines is 1. The molecule has 2 N–H and O–H groups in total. The first-order chi connectivity index (χ1) is 17.5. The number of piperidine rings is 1. The van der Waals surface area contributed by atoms with Gasteiger partial charge in [-0.1, -0.05) is 5.92 Å².